The van der Waals surface area contributed by atoms with E-state index in [1.165, 1.54) is 0 Å². The van der Waals surface area contributed by atoms with Gasteiger partial charge in [0.1, 0.15) is 17.1 Å². The highest BCUT2D eigenvalue weighted by Gasteiger charge is 2.42. The molecule has 1 saturated heterocycles. The van der Waals surface area contributed by atoms with E-state index < -0.39 is 6.10 Å². The van der Waals surface area contributed by atoms with Crippen LogP contribution in [0.4, 0.5) is 0 Å². The van der Waals surface area contributed by atoms with Crippen LogP contribution >= 0.6 is 0 Å². The maximum absolute atomic E-state index is 10.1. The number of nitrogens with one attached hydrogen (secondary N) is 1. The van der Waals surface area contributed by atoms with Crippen molar-refractivity contribution in [3.63, 3.8) is 0 Å². The minimum absolute atomic E-state index is 0.168. The van der Waals surface area contributed by atoms with Gasteiger partial charge in [0.15, 0.2) is 0 Å². The van der Waals surface area contributed by atoms with Crippen molar-refractivity contribution in [2.45, 2.75) is 24.5 Å². The molecule has 2 aliphatic heterocycles. The predicted molar refractivity (Wildman–Crippen MR) is 58.5 cm³/mol. The monoisotopic (exact) mass is 221 g/mol. The van der Waals surface area contributed by atoms with E-state index >= 15 is 0 Å². The third-order valence-corrected chi connectivity index (χ3v) is 3.45. The molecule has 2 heterocycles. The lowest BCUT2D eigenvalue weighted by atomic mass is 9.88. The Morgan fingerprint density at radius 2 is 2.31 bits per heavy atom. The minimum atomic E-state index is -0.546. The first-order valence-corrected chi connectivity index (χ1v) is 5.59. The van der Waals surface area contributed by atoms with Gasteiger partial charge < -0.3 is 20.3 Å². The predicted octanol–water partition coefficient (Wildman–Crippen LogP) is 0.940. The van der Waals surface area contributed by atoms with Gasteiger partial charge in [-0.25, -0.2) is 0 Å². The van der Waals surface area contributed by atoms with Crippen molar-refractivity contribution in [3.05, 3.63) is 23.8 Å². The Kier molecular flexibility index (Phi) is 2.09. The highest BCUT2D eigenvalue weighted by molar-refractivity contribution is 5.43. The Labute approximate surface area is 93.9 Å². The van der Waals surface area contributed by atoms with Crippen LogP contribution in [0.2, 0.25) is 0 Å². The highest BCUT2D eigenvalue weighted by Crippen LogP contribution is 2.43. The van der Waals surface area contributed by atoms with Gasteiger partial charge in [-0.2, -0.15) is 0 Å². The van der Waals surface area contributed by atoms with Gasteiger partial charge in [0.05, 0.1) is 6.10 Å². The standard InChI is InChI=1S/C12H15NO3/c14-8-1-2-11-9(5-8)10(15)6-12(16-11)3-4-13-7-12/h1-2,5,10,13-15H,3-4,6-7H2. The second kappa shape index (κ2) is 3.37. The van der Waals surface area contributed by atoms with Crippen molar-refractivity contribution in [3.8, 4) is 11.5 Å². The number of fused-ring (bicyclic) bond motifs is 1. The Balaban J connectivity index is 1.99. The van der Waals surface area contributed by atoms with E-state index in [0.29, 0.717) is 17.7 Å². The SMILES string of the molecule is Oc1ccc2c(c1)C(O)CC1(CCNC1)O2. The maximum Gasteiger partial charge on any atom is 0.126 e. The van der Waals surface area contributed by atoms with Crippen LogP contribution in [0.3, 0.4) is 0 Å². The summed E-state index contributed by atoms with van der Waals surface area (Å²) < 4.78 is 5.97. The van der Waals surface area contributed by atoms with Crippen LogP contribution in [-0.2, 0) is 0 Å². The molecule has 2 aliphatic rings. The number of phenolic OH excluding ortho intramolecular Hbond substituents is 1. The lowest BCUT2D eigenvalue weighted by Gasteiger charge is -2.37. The van der Waals surface area contributed by atoms with Crippen LogP contribution < -0.4 is 10.1 Å². The molecule has 4 heteroatoms. The fourth-order valence-corrected chi connectivity index (χ4v) is 2.61. The average molecular weight is 221 g/mol. The number of phenols is 1. The van der Waals surface area contributed by atoms with Crippen molar-refractivity contribution < 1.29 is 14.9 Å². The molecule has 86 valence electrons. The van der Waals surface area contributed by atoms with Gasteiger partial charge in [0, 0.05) is 24.9 Å². The molecule has 0 bridgehead atoms. The number of hydrogen-bond acceptors (Lipinski definition) is 4. The molecule has 3 N–H and O–H groups in total. The first-order chi connectivity index (χ1) is 7.69. The van der Waals surface area contributed by atoms with Crippen LogP contribution in [0.25, 0.3) is 0 Å². The quantitative estimate of drug-likeness (QED) is 0.610. The number of ether oxygens (including phenoxy) is 1. The van der Waals surface area contributed by atoms with Gasteiger partial charge in [0.2, 0.25) is 0 Å². The summed E-state index contributed by atoms with van der Waals surface area (Å²) in [4.78, 5) is 0. The molecule has 0 aliphatic carbocycles. The Bertz CT molecular complexity index is 413. The molecule has 4 nitrogen and oxygen atoms in total. The highest BCUT2D eigenvalue weighted by atomic mass is 16.5. The van der Waals surface area contributed by atoms with Gasteiger partial charge in [-0.15, -0.1) is 0 Å². The number of aromatic hydroxyl groups is 1. The van der Waals surface area contributed by atoms with Crippen molar-refractivity contribution in [2.24, 2.45) is 0 Å². The molecule has 1 fully saturated rings. The third kappa shape index (κ3) is 1.45. The van der Waals surface area contributed by atoms with E-state index in [0.717, 1.165) is 19.5 Å². The Hall–Kier alpha value is -1.26. The van der Waals surface area contributed by atoms with Crippen LogP contribution in [0.1, 0.15) is 24.5 Å². The zero-order valence-electron chi connectivity index (χ0n) is 8.94. The maximum atomic E-state index is 10.1. The van der Waals surface area contributed by atoms with Gasteiger partial charge in [-0.05, 0) is 24.7 Å². The largest absolute Gasteiger partial charge is 0.508 e. The number of aliphatic hydroxyl groups excluding tert-OH is 1. The zero-order chi connectivity index (χ0) is 11.2. The summed E-state index contributed by atoms with van der Waals surface area (Å²) in [5.41, 5.74) is 0.432. The molecule has 1 aromatic rings. The second-order valence-corrected chi connectivity index (χ2v) is 4.65. The van der Waals surface area contributed by atoms with E-state index in [1.54, 1.807) is 18.2 Å². The molecular formula is C12H15NO3. The third-order valence-electron chi connectivity index (χ3n) is 3.45. The molecular weight excluding hydrogens is 206 g/mol. The zero-order valence-corrected chi connectivity index (χ0v) is 8.94. The van der Waals surface area contributed by atoms with Gasteiger partial charge in [0.25, 0.3) is 0 Å². The fourth-order valence-electron chi connectivity index (χ4n) is 2.61. The molecule has 0 aromatic heterocycles. The van der Waals surface area contributed by atoms with Crippen LogP contribution in [0.5, 0.6) is 11.5 Å². The molecule has 0 saturated carbocycles. The normalized spacial score (nSPS) is 32.4. The summed E-state index contributed by atoms with van der Waals surface area (Å²) in [5, 5.41) is 22.7. The van der Waals surface area contributed by atoms with Crippen molar-refractivity contribution >= 4 is 0 Å². The number of aliphatic hydroxyl groups is 1. The molecule has 16 heavy (non-hydrogen) atoms. The molecule has 0 radical (unpaired) electrons. The topological polar surface area (TPSA) is 61.7 Å². The van der Waals surface area contributed by atoms with Crippen LogP contribution in [-0.4, -0.2) is 28.9 Å². The second-order valence-electron chi connectivity index (χ2n) is 4.65. The van der Waals surface area contributed by atoms with E-state index in [2.05, 4.69) is 5.32 Å². The number of rotatable bonds is 0. The van der Waals surface area contributed by atoms with E-state index in [-0.39, 0.29) is 11.4 Å². The fraction of sp³-hybridized carbons (Fsp3) is 0.500. The van der Waals surface area contributed by atoms with Gasteiger partial charge in [-0.1, -0.05) is 0 Å². The summed E-state index contributed by atoms with van der Waals surface area (Å²) in [6, 6.07) is 4.90. The number of hydrogen-bond donors (Lipinski definition) is 3. The van der Waals surface area contributed by atoms with Crippen molar-refractivity contribution in [2.75, 3.05) is 13.1 Å². The van der Waals surface area contributed by atoms with E-state index in [4.69, 9.17) is 4.74 Å². The van der Waals surface area contributed by atoms with Gasteiger partial charge >= 0.3 is 0 Å². The summed E-state index contributed by atoms with van der Waals surface area (Å²) in [6.07, 6.45) is 0.969. The molecule has 3 rings (SSSR count). The smallest absolute Gasteiger partial charge is 0.126 e. The Morgan fingerprint density at radius 3 is 3.06 bits per heavy atom. The summed E-state index contributed by atoms with van der Waals surface area (Å²) >= 11 is 0. The molecule has 2 unspecified atom stereocenters. The van der Waals surface area contributed by atoms with Crippen molar-refractivity contribution in [1.29, 1.82) is 0 Å². The minimum Gasteiger partial charge on any atom is -0.508 e. The molecule has 1 spiro atoms. The van der Waals surface area contributed by atoms with E-state index in [1.807, 2.05) is 0 Å². The first-order valence-electron chi connectivity index (χ1n) is 5.59. The van der Waals surface area contributed by atoms with Gasteiger partial charge in [-0.3, -0.25) is 0 Å². The Morgan fingerprint density at radius 1 is 1.44 bits per heavy atom. The summed E-state index contributed by atoms with van der Waals surface area (Å²) in [6.45, 7) is 1.71. The lowest BCUT2D eigenvalue weighted by Crippen LogP contribution is -2.42. The summed E-state index contributed by atoms with van der Waals surface area (Å²) in [5.74, 6) is 0.863. The number of benzene rings is 1. The lowest BCUT2D eigenvalue weighted by molar-refractivity contribution is -0.000462. The average Bonchev–Trinajstić information content (AvgIpc) is 2.68. The molecule has 1 aromatic carbocycles. The first kappa shape index (κ1) is 9.93. The molecule has 0 amide bonds. The van der Waals surface area contributed by atoms with Crippen LogP contribution in [0, 0.1) is 0 Å². The van der Waals surface area contributed by atoms with E-state index in [9.17, 15) is 10.2 Å². The van der Waals surface area contributed by atoms with Crippen LogP contribution in [0.15, 0.2) is 18.2 Å². The van der Waals surface area contributed by atoms with Crippen molar-refractivity contribution in [1.82, 2.24) is 5.32 Å². The summed E-state index contributed by atoms with van der Waals surface area (Å²) in [7, 11) is 0. The molecule has 2 atom stereocenters.